The Kier molecular flexibility index (Phi) is 12.9. The van der Waals surface area contributed by atoms with Gasteiger partial charge in [0.2, 0.25) is 0 Å². The molecule has 4 rings (SSSR count). The Balaban J connectivity index is 0.000000430. The summed E-state index contributed by atoms with van der Waals surface area (Å²) in [5, 5.41) is 0. The van der Waals surface area contributed by atoms with E-state index in [0.29, 0.717) is 5.92 Å². The first-order chi connectivity index (χ1) is 10.9. The number of allylic oxidation sites excluding steroid dienone is 5. The van der Waals surface area contributed by atoms with E-state index in [4.69, 9.17) is 0 Å². The first-order valence-corrected chi connectivity index (χ1v) is 8.76. The maximum absolute atomic E-state index is 3.43. The van der Waals surface area contributed by atoms with Crippen LogP contribution in [0.1, 0.15) is 62.5 Å². The Morgan fingerprint density at radius 3 is 2.76 bits per heavy atom. The zero-order chi connectivity index (χ0) is 15.2. The molecule has 3 heteroatoms. The van der Waals surface area contributed by atoms with Crippen LogP contribution in [-0.4, -0.2) is 0 Å². The fraction of sp³-hybridized carbons (Fsp3) is 0.409. The maximum Gasteiger partial charge on any atom is 4.00 e. The van der Waals surface area contributed by atoms with E-state index in [1.807, 2.05) is 0 Å². The summed E-state index contributed by atoms with van der Waals surface area (Å²) in [4.78, 5) is 0. The second kappa shape index (κ2) is 13.0. The van der Waals surface area contributed by atoms with E-state index >= 15 is 0 Å². The van der Waals surface area contributed by atoms with Crippen molar-refractivity contribution in [3.8, 4) is 0 Å². The van der Waals surface area contributed by atoms with Crippen LogP contribution < -0.4 is 24.8 Å². The number of unbranched alkanes of at least 4 members (excludes halogenated alkanes) is 1. The molecule has 0 heterocycles. The minimum atomic E-state index is 0. The van der Waals surface area contributed by atoms with Gasteiger partial charge in [0.05, 0.1) is 0 Å². The minimum absolute atomic E-state index is 0. The van der Waals surface area contributed by atoms with Crippen molar-refractivity contribution in [2.24, 2.45) is 5.92 Å². The Hall–Kier alpha value is -0.227. The molecule has 0 amide bonds. The topological polar surface area (TPSA) is 0 Å². The van der Waals surface area contributed by atoms with Crippen LogP contribution in [0, 0.1) is 18.4 Å². The molecular weight excluding hydrogens is 426 g/mol. The molecule has 3 aliphatic carbocycles. The van der Waals surface area contributed by atoms with Gasteiger partial charge in [-0.2, -0.15) is 5.56 Å². The van der Waals surface area contributed by atoms with Crippen molar-refractivity contribution in [1.82, 2.24) is 0 Å². The fourth-order valence-corrected chi connectivity index (χ4v) is 3.55. The number of benzene rings is 1. The molecule has 1 saturated carbocycles. The van der Waals surface area contributed by atoms with Gasteiger partial charge in [0.15, 0.2) is 0 Å². The van der Waals surface area contributed by atoms with E-state index in [1.165, 1.54) is 49.7 Å². The van der Waals surface area contributed by atoms with E-state index in [1.54, 1.807) is 5.57 Å². The summed E-state index contributed by atoms with van der Waals surface area (Å²) in [5.41, 5.74) is 4.41. The third-order valence-electron chi connectivity index (χ3n) is 4.87. The third kappa shape index (κ3) is 6.78. The van der Waals surface area contributed by atoms with E-state index in [2.05, 4.69) is 68.0 Å². The number of rotatable bonds is 3. The zero-order valence-corrected chi connectivity index (χ0v) is 18.8. The molecule has 3 aliphatic rings. The number of halogens is 2. The van der Waals surface area contributed by atoms with Gasteiger partial charge in [-0.15, -0.1) is 30.2 Å². The third-order valence-corrected chi connectivity index (χ3v) is 4.87. The summed E-state index contributed by atoms with van der Waals surface area (Å²) in [5.74, 6) is 1.45. The van der Waals surface area contributed by atoms with Crippen LogP contribution in [0.2, 0.25) is 0 Å². The summed E-state index contributed by atoms with van der Waals surface area (Å²) in [7, 11) is 0. The summed E-state index contributed by atoms with van der Waals surface area (Å²) in [6.07, 6.45) is 22.4. The largest absolute Gasteiger partial charge is 4.00 e. The minimum Gasteiger partial charge on any atom is -1.00 e. The molecular formula is C22H26Cl2Zr. The van der Waals surface area contributed by atoms with Crippen LogP contribution in [0.15, 0.2) is 48.1 Å². The molecule has 1 aromatic rings. The van der Waals surface area contributed by atoms with Gasteiger partial charge in [-0.1, -0.05) is 56.7 Å². The van der Waals surface area contributed by atoms with E-state index in [-0.39, 0.29) is 51.0 Å². The predicted molar refractivity (Wildman–Crippen MR) is 95.3 cm³/mol. The summed E-state index contributed by atoms with van der Waals surface area (Å²) in [6, 6.07) is 8.62. The van der Waals surface area contributed by atoms with E-state index in [9.17, 15) is 0 Å². The van der Waals surface area contributed by atoms with Crippen molar-refractivity contribution in [3.05, 3.63) is 71.7 Å². The molecule has 2 atom stereocenters. The van der Waals surface area contributed by atoms with Crippen LogP contribution in [-0.2, 0) is 26.2 Å². The maximum atomic E-state index is 3.43. The smallest absolute Gasteiger partial charge is 1.00 e. The molecule has 0 N–H and O–H groups in total. The van der Waals surface area contributed by atoms with E-state index < -0.39 is 0 Å². The molecule has 0 spiro atoms. The Morgan fingerprint density at radius 1 is 1.20 bits per heavy atom. The van der Waals surface area contributed by atoms with Gasteiger partial charge < -0.3 is 24.8 Å². The molecule has 25 heavy (non-hydrogen) atoms. The Bertz CT molecular complexity index is 589. The quantitative estimate of drug-likeness (QED) is 0.579. The normalized spacial score (nSPS) is 21.1. The van der Waals surface area contributed by atoms with Gasteiger partial charge in [-0.05, 0) is 12.3 Å². The van der Waals surface area contributed by atoms with Gasteiger partial charge >= 0.3 is 26.2 Å². The number of fused-ring (bicyclic) bond motifs is 2. The van der Waals surface area contributed by atoms with Crippen LogP contribution in [0.3, 0.4) is 0 Å². The van der Waals surface area contributed by atoms with Gasteiger partial charge in [-0.3, -0.25) is 6.08 Å². The van der Waals surface area contributed by atoms with Gasteiger partial charge in [-0.25, -0.2) is 24.1 Å². The number of hydrogen-bond donors (Lipinski definition) is 0. The van der Waals surface area contributed by atoms with Gasteiger partial charge in [0, 0.05) is 0 Å². The molecule has 1 aromatic carbocycles. The molecule has 2 unspecified atom stereocenters. The second-order valence-corrected chi connectivity index (χ2v) is 6.44. The van der Waals surface area contributed by atoms with Crippen molar-refractivity contribution in [2.45, 2.75) is 51.4 Å². The molecule has 0 saturated heterocycles. The Morgan fingerprint density at radius 2 is 2.00 bits per heavy atom. The molecule has 1 fully saturated rings. The molecule has 132 valence electrons. The summed E-state index contributed by atoms with van der Waals surface area (Å²) >= 11 is 0. The monoisotopic (exact) mass is 450 g/mol. The standard InChI is InChI=1S/C13H15.C9H11.2ClH.Zr/c1-2-3-6-11-9-10-12-7-4-5-8-13(11)12;1-2-5-9-7-3-6-8(9)4-1;;;/h4-5,7-8,10-11H,2-3,6H2,1H3;1-2,4,6,9H,3,5,7H2;2*1H;/q2*-1;;;+4/p-2. The first-order valence-electron chi connectivity index (χ1n) is 8.76. The summed E-state index contributed by atoms with van der Waals surface area (Å²) in [6.45, 7) is 2.24. The molecule has 0 radical (unpaired) electrons. The van der Waals surface area contributed by atoms with Gasteiger partial charge in [0.25, 0.3) is 0 Å². The average molecular weight is 453 g/mol. The SMILES string of the molecule is C1=CCC2CC[CH-]C2=C1.CCCCC1[C-]=Cc2ccccc21.[Cl-].[Cl-].[Zr+4]. The van der Waals surface area contributed by atoms with Gasteiger partial charge in [0.1, 0.15) is 0 Å². The summed E-state index contributed by atoms with van der Waals surface area (Å²) < 4.78 is 0. The fourth-order valence-electron chi connectivity index (χ4n) is 3.55. The second-order valence-electron chi connectivity index (χ2n) is 6.44. The van der Waals surface area contributed by atoms with Crippen LogP contribution in [0.5, 0.6) is 0 Å². The molecule has 0 aromatic heterocycles. The van der Waals surface area contributed by atoms with Crippen molar-refractivity contribution in [3.63, 3.8) is 0 Å². The molecule has 0 aliphatic heterocycles. The van der Waals surface area contributed by atoms with Crippen molar-refractivity contribution in [2.75, 3.05) is 0 Å². The van der Waals surface area contributed by atoms with Crippen LogP contribution in [0.4, 0.5) is 0 Å². The van der Waals surface area contributed by atoms with Crippen molar-refractivity contribution >= 4 is 6.08 Å². The zero-order valence-electron chi connectivity index (χ0n) is 14.8. The van der Waals surface area contributed by atoms with Crippen molar-refractivity contribution < 1.29 is 51.0 Å². The van der Waals surface area contributed by atoms with Crippen LogP contribution >= 0.6 is 0 Å². The average Bonchev–Trinajstić information content (AvgIpc) is 3.20. The first kappa shape index (κ1) is 24.8. The van der Waals surface area contributed by atoms with Crippen molar-refractivity contribution in [1.29, 1.82) is 0 Å². The van der Waals surface area contributed by atoms with E-state index in [0.717, 1.165) is 5.92 Å². The number of hydrogen-bond acceptors (Lipinski definition) is 0. The molecule has 0 nitrogen and oxygen atoms in total. The predicted octanol–water partition coefficient (Wildman–Crippen LogP) is 0.283. The molecule has 0 bridgehead atoms. The van der Waals surface area contributed by atoms with Crippen LogP contribution in [0.25, 0.3) is 6.08 Å². The Labute approximate surface area is 185 Å².